The van der Waals surface area contributed by atoms with Gasteiger partial charge in [0.2, 0.25) is 0 Å². The summed E-state index contributed by atoms with van der Waals surface area (Å²) in [6.07, 6.45) is -3.11. The maximum absolute atomic E-state index is 12.7. The number of nitrogens with zero attached hydrogens (tertiary/aromatic N) is 2. The Bertz CT molecular complexity index is 546. The quantitative estimate of drug-likeness (QED) is 0.862. The summed E-state index contributed by atoms with van der Waals surface area (Å²) in [5, 5.41) is 18.9. The lowest BCUT2D eigenvalue weighted by Gasteiger charge is -2.38. The summed E-state index contributed by atoms with van der Waals surface area (Å²) in [5.74, 6) is 0. The summed E-state index contributed by atoms with van der Waals surface area (Å²) in [7, 11) is 0. The summed E-state index contributed by atoms with van der Waals surface area (Å²) in [4.78, 5) is 1.81. The molecular weight excluding hydrogens is 269 g/mol. The molecule has 0 aliphatic carbocycles. The van der Waals surface area contributed by atoms with Gasteiger partial charge in [0.25, 0.3) is 0 Å². The minimum Gasteiger partial charge on any atom is -0.388 e. The third-order valence-corrected chi connectivity index (χ3v) is 3.47. The number of benzene rings is 1. The Balaban J connectivity index is 2.33. The van der Waals surface area contributed by atoms with Crippen molar-refractivity contribution in [3.05, 3.63) is 29.3 Å². The highest BCUT2D eigenvalue weighted by Crippen LogP contribution is 2.34. The largest absolute Gasteiger partial charge is 0.417 e. The predicted molar refractivity (Wildman–Crippen MR) is 68.2 cm³/mol. The van der Waals surface area contributed by atoms with Gasteiger partial charge in [0.15, 0.2) is 0 Å². The molecule has 6 heteroatoms. The number of hydrogen-bond acceptors (Lipinski definition) is 3. The van der Waals surface area contributed by atoms with E-state index in [1.165, 1.54) is 12.1 Å². The molecule has 1 aliphatic heterocycles. The third-order valence-electron chi connectivity index (χ3n) is 3.47. The number of nitriles is 1. The van der Waals surface area contributed by atoms with Gasteiger partial charge in [-0.05, 0) is 38.0 Å². The number of anilines is 1. The molecule has 0 amide bonds. The van der Waals surface area contributed by atoms with Crippen molar-refractivity contribution in [3.8, 4) is 6.07 Å². The van der Waals surface area contributed by atoms with Crippen LogP contribution in [-0.4, -0.2) is 23.8 Å². The van der Waals surface area contributed by atoms with Crippen molar-refractivity contribution < 1.29 is 18.3 Å². The van der Waals surface area contributed by atoms with Crippen LogP contribution in [0.2, 0.25) is 0 Å². The van der Waals surface area contributed by atoms with Crippen LogP contribution in [0.1, 0.15) is 30.9 Å². The van der Waals surface area contributed by atoms with E-state index in [9.17, 15) is 18.3 Å². The molecule has 1 aromatic carbocycles. The van der Waals surface area contributed by atoms with Crippen molar-refractivity contribution >= 4 is 5.69 Å². The second-order valence-corrected chi connectivity index (χ2v) is 5.36. The van der Waals surface area contributed by atoms with Crippen molar-refractivity contribution in [2.24, 2.45) is 0 Å². The van der Waals surface area contributed by atoms with Gasteiger partial charge >= 0.3 is 6.18 Å². The summed E-state index contributed by atoms with van der Waals surface area (Å²) in [5.41, 5.74) is -1.63. The van der Waals surface area contributed by atoms with Crippen LogP contribution in [0.25, 0.3) is 0 Å². The van der Waals surface area contributed by atoms with E-state index in [-0.39, 0.29) is 5.56 Å². The first-order valence-electron chi connectivity index (χ1n) is 6.32. The smallest absolute Gasteiger partial charge is 0.388 e. The van der Waals surface area contributed by atoms with Crippen LogP contribution < -0.4 is 4.90 Å². The van der Waals surface area contributed by atoms with E-state index in [2.05, 4.69) is 0 Å². The Morgan fingerprint density at radius 1 is 1.40 bits per heavy atom. The number of hydrogen-bond donors (Lipinski definition) is 1. The average Bonchev–Trinajstić information content (AvgIpc) is 2.35. The van der Waals surface area contributed by atoms with Crippen molar-refractivity contribution in [2.75, 3.05) is 18.0 Å². The summed E-state index contributed by atoms with van der Waals surface area (Å²) in [6, 6.07) is 5.11. The molecule has 0 radical (unpaired) electrons. The monoisotopic (exact) mass is 284 g/mol. The molecule has 108 valence electrons. The highest BCUT2D eigenvalue weighted by atomic mass is 19.4. The van der Waals surface area contributed by atoms with Crippen LogP contribution >= 0.6 is 0 Å². The number of alkyl halides is 3. The van der Waals surface area contributed by atoms with E-state index in [1.54, 1.807) is 13.0 Å². The normalized spacial score (nSPS) is 23.5. The number of rotatable bonds is 1. The van der Waals surface area contributed by atoms with Gasteiger partial charge in [-0.2, -0.15) is 18.4 Å². The van der Waals surface area contributed by atoms with Gasteiger partial charge in [-0.3, -0.25) is 0 Å². The minimum atomic E-state index is -4.53. The molecule has 3 nitrogen and oxygen atoms in total. The molecular formula is C14H15F3N2O. The van der Waals surface area contributed by atoms with Crippen molar-refractivity contribution in [1.29, 1.82) is 5.26 Å². The molecule has 1 atom stereocenters. The molecule has 1 aromatic rings. The first-order chi connectivity index (χ1) is 9.23. The first kappa shape index (κ1) is 14.7. The van der Waals surface area contributed by atoms with Gasteiger partial charge in [0, 0.05) is 18.8 Å². The number of halogens is 3. The van der Waals surface area contributed by atoms with Gasteiger partial charge < -0.3 is 10.0 Å². The van der Waals surface area contributed by atoms with Crippen LogP contribution in [0.4, 0.5) is 18.9 Å². The average molecular weight is 284 g/mol. The van der Waals surface area contributed by atoms with E-state index in [0.717, 1.165) is 12.5 Å². The van der Waals surface area contributed by atoms with Crippen LogP contribution in [0, 0.1) is 11.3 Å². The molecule has 0 aromatic heterocycles. The maximum Gasteiger partial charge on any atom is 0.417 e. The molecule has 1 heterocycles. The zero-order valence-electron chi connectivity index (χ0n) is 11.0. The Morgan fingerprint density at radius 2 is 2.10 bits per heavy atom. The lowest BCUT2D eigenvalue weighted by Crippen LogP contribution is -2.46. The fraction of sp³-hybridized carbons (Fsp3) is 0.500. The number of aliphatic hydroxyl groups is 1. The molecule has 1 fully saturated rings. The molecule has 1 aliphatic rings. The first-order valence-corrected chi connectivity index (χ1v) is 6.32. The second-order valence-electron chi connectivity index (χ2n) is 5.36. The van der Waals surface area contributed by atoms with Crippen molar-refractivity contribution in [3.63, 3.8) is 0 Å². The third kappa shape index (κ3) is 3.05. The Hall–Kier alpha value is -1.74. The van der Waals surface area contributed by atoms with E-state index in [1.807, 2.05) is 4.90 Å². The van der Waals surface area contributed by atoms with Crippen LogP contribution in [0.3, 0.4) is 0 Å². The summed E-state index contributed by atoms with van der Waals surface area (Å²) >= 11 is 0. The zero-order chi connectivity index (χ0) is 15.0. The van der Waals surface area contributed by atoms with E-state index in [0.29, 0.717) is 25.2 Å². The lowest BCUT2D eigenvalue weighted by atomic mass is 9.94. The molecule has 0 bridgehead atoms. The highest BCUT2D eigenvalue weighted by Gasteiger charge is 2.34. The summed E-state index contributed by atoms with van der Waals surface area (Å²) < 4.78 is 38.2. The van der Waals surface area contributed by atoms with Gasteiger partial charge in [0.1, 0.15) is 0 Å². The molecule has 1 saturated heterocycles. The van der Waals surface area contributed by atoms with E-state index >= 15 is 0 Å². The molecule has 2 rings (SSSR count). The van der Waals surface area contributed by atoms with E-state index < -0.39 is 17.3 Å². The van der Waals surface area contributed by atoms with Gasteiger partial charge in [-0.25, -0.2) is 0 Å². The van der Waals surface area contributed by atoms with Gasteiger partial charge in [-0.1, -0.05) is 0 Å². The standard InChI is InChI=1S/C14H15F3N2O/c1-13(20)5-2-6-19(9-13)11-3-4-12(14(15,16)17)10(7-11)8-18/h3-4,7,20H,2,5-6,9H2,1H3. The topological polar surface area (TPSA) is 47.3 Å². The predicted octanol–water partition coefficient (Wildman–Crippen LogP) is 2.93. The number of piperidine rings is 1. The lowest BCUT2D eigenvalue weighted by molar-refractivity contribution is -0.137. The number of β-amino-alcohol motifs (C(OH)–C–C–N with tert-alkyl or cyclic N) is 1. The SMILES string of the molecule is CC1(O)CCCN(c2ccc(C(F)(F)F)c(C#N)c2)C1. The second kappa shape index (κ2) is 4.98. The highest BCUT2D eigenvalue weighted by molar-refractivity contribution is 5.55. The zero-order valence-corrected chi connectivity index (χ0v) is 11.0. The molecule has 1 unspecified atom stereocenters. The maximum atomic E-state index is 12.7. The molecule has 0 saturated carbocycles. The van der Waals surface area contributed by atoms with Crippen LogP contribution in [-0.2, 0) is 6.18 Å². The van der Waals surface area contributed by atoms with Gasteiger partial charge in [0.05, 0.1) is 22.8 Å². The molecule has 20 heavy (non-hydrogen) atoms. The van der Waals surface area contributed by atoms with E-state index in [4.69, 9.17) is 5.26 Å². The van der Waals surface area contributed by atoms with Crippen LogP contribution in [0.15, 0.2) is 18.2 Å². The van der Waals surface area contributed by atoms with Crippen molar-refractivity contribution in [1.82, 2.24) is 0 Å². The molecule has 1 N–H and O–H groups in total. The fourth-order valence-corrected chi connectivity index (χ4v) is 2.51. The van der Waals surface area contributed by atoms with Crippen molar-refractivity contribution in [2.45, 2.75) is 31.5 Å². The Morgan fingerprint density at radius 3 is 2.65 bits per heavy atom. The Labute approximate surface area is 115 Å². The molecule has 0 spiro atoms. The Kier molecular flexibility index (Phi) is 3.65. The fourth-order valence-electron chi connectivity index (χ4n) is 2.51. The minimum absolute atomic E-state index is 0.350. The van der Waals surface area contributed by atoms with Gasteiger partial charge in [-0.15, -0.1) is 0 Å². The summed E-state index contributed by atoms with van der Waals surface area (Å²) in [6.45, 7) is 2.71. The van der Waals surface area contributed by atoms with Crippen LogP contribution in [0.5, 0.6) is 0 Å².